The second-order valence-corrected chi connectivity index (χ2v) is 4.21. The smallest absolute Gasteiger partial charge is 0.266 e. The standard InChI is InChI=1S/C11H16N2O3/c1-8(14)6-9-7-11(15)13(12-9)10-2-4-16-5-3-10/h7,10,12H,2-6H2,1H3. The number of carbonyl (C=O) groups excluding carboxylic acids is 1. The van der Waals surface area contributed by atoms with Gasteiger partial charge in [0, 0.05) is 31.4 Å². The SMILES string of the molecule is CC(=O)Cc1cc(=O)n(C2CCOCC2)[nH]1. The molecule has 2 heterocycles. The van der Waals surface area contributed by atoms with Crippen molar-refractivity contribution in [2.75, 3.05) is 13.2 Å². The second-order valence-electron chi connectivity index (χ2n) is 4.21. The summed E-state index contributed by atoms with van der Waals surface area (Å²) in [5.74, 6) is 0.0559. The first-order valence-electron chi connectivity index (χ1n) is 5.54. The third-order valence-corrected chi connectivity index (χ3v) is 2.79. The van der Waals surface area contributed by atoms with Gasteiger partial charge in [-0.1, -0.05) is 0 Å². The Morgan fingerprint density at radius 1 is 1.56 bits per heavy atom. The van der Waals surface area contributed by atoms with E-state index in [4.69, 9.17) is 4.74 Å². The zero-order chi connectivity index (χ0) is 11.5. The number of nitrogens with one attached hydrogen (secondary N) is 1. The number of nitrogens with zero attached hydrogens (tertiary/aromatic N) is 1. The fourth-order valence-electron chi connectivity index (χ4n) is 2.03. The van der Waals surface area contributed by atoms with Gasteiger partial charge < -0.3 is 4.74 Å². The molecule has 2 rings (SSSR count). The van der Waals surface area contributed by atoms with E-state index in [2.05, 4.69) is 5.10 Å². The molecule has 1 aromatic rings. The van der Waals surface area contributed by atoms with E-state index in [0.717, 1.165) is 12.8 Å². The van der Waals surface area contributed by atoms with Crippen molar-refractivity contribution in [3.05, 3.63) is 22.1 Å². The van der Waals surface area contributed by atoms with E-state index in [1.165, 1.54) is 13.0 Å². The van der Waals surface area contributed by atoms with Gasteiger partial charge in [0.25, 0.3) is 5.56 Å². The van der Waals surface area contributed by atoms with E-state index < -0.39 is 0 Å². The quantitative estimate of drug-likeness (QED) is 0.820. The summed E-state index contributed by atoms with van der Waals surface area (Å²) in [7, 11) is 0. The molecule has 5 nitrogen and oxygen atoms in total. The van der Waals surface area contributed by atoms with Crippen LogP contribution in [0.4, 0.5) is 0 Å². The molecule has 0 aromatic carbocycles. The van der Waals surface area contributed by atoms with E-state index in [0.29, 0.717) is 25.3 Å². The minimum absolute atomic E-state index is 0.0526. The average Bonchev–Trinajstić information content (AvgIpc) is 2.60. The van der Waals surface area contributed by atoms with Gasteiger partial charge >= 0.3 is 0 Å². The van der Waals surface area contributed by atoms with E-state index in [9.17, 15) is 9.59 Å². The van der Waals surface area contributed by atoms with Crippen molar-refractivity contribution in [2.45, 2.75) is 32.2 Å². The summed E-state index contributed by atoms with van der Waals surface area (Å²) in [6, 6.07) is 1.69. The van der Waals surface area contributed by atoms with Gasteiger partial charge in [-0.05, 0) is 19.8 Å². The third-order valence-electron chi connectivity index (χ3n) is 2.79. The number of carbonyl (C=O) groups is 1. The largest absolute Gasteiger partial charge is 0.381 e. The van der Waals surface area contributed by atoms with Crippen LogP contribution in [0.25, 0.3) is 0 Å². The fourth-order valence-corrected chi connectivity index (χ4v) is 2.03. The lowest BCUT2D eigenvalue weighted by Crippen LogP contribution is -2.27. The molecule has 0 radical (unpaired) electrons. The monoisotopic (exact) mass is 224 g/mol. The number of Topliss-reactive ketones (excluding diaryl/α,β-unsaturated/α-hetero) is 1. The van der Waals surface area contributed by atoms with Gasteiger partial charge in [0.15, 0.2) is 0 Å². The molecular formula is C11H16N2O3. The molecule has 1 aromatic heterocycles. The summed E-state index contributed by atoms with van der Waals surface area (Å²) in [6.07, 6.45) is 1.99. The highest BCUT2D eigenvalue weighted by Crippen LogP contribution is 2.18. The van der Waals surface area contributed by atoms with Crippen molar-refractivity contribution in [2.24, 2.45) is 0 Å². The minimum atomic E-state index is -0.0526. The Bertz CT molecular complexity index is 427. The Morgan fingerprint density at radius 3 is 2.88 bits per heavy atom. The molecule has 0 aliphatic carbocycles. The molecule has 1 aliphatic rings. The lowest BCUT2D eigenvalue weighted by molar-refractivity contribution is -0.116. The highest BCUT2D eigenvalue weighted by molar-refractivity contribution is 5.77. The van der Waals surface area contributed by atoms with Gasteiger partial charge in [-0.15, -0.1) is 0 Å². The molecular weight excluding hydrogens is 208 g/mol. The molecule has 88 valence electrons. The van der Waals surface area contributed by atoms with Crippen LogP contribution in [0.2, 0.25) is 0 Å². The zero-order valence-corrected chi connectivity index (χ0v) is 9.36. The van der Waals surface area contributed by atoms with Crippen LogP contribution in [0.3, 0.4) is 0 Å². The summed E-state index contributed by atoms with van der Waals surface area (Å²) in [5, 5.41) is 3.01. The fraction of sp³-hybridized carbons (Fsp3) is 0.636. The van der Waals surface area contributed by atoms with Crippen molar-refractivity contribution in [1.29, 1.82) is 0 Å². The summed E-state index contributed by atoms with van der Waals surface area (Å²) >= 11 is 0. The highest BCUT2D eigenvalue weighted by Gasteiger charge is 2.18. The molecule has 1 saturated heterocycles. The van der Waals surface area contributed by atoms with Crippen LogP contribution in [0.5, 0.6) is 0 Å². The topological polar surface area (TPSA) is 64.1 Å². The van der Waals surface area contributed by atoms with Crippen molar-refractivity contribution in [1.82, 2.24) is 9.78 Å². The number of hydrogen-bond donors (Lipinski definition) is 1. The summed E-state index contributed by atoms with van der Waals surface area (Å²) in [6.45, 7) is 2.90. The number of ketones is 1. The van der Waals surface area contributed by atoms with Crippen molar-refractivity contribution in [3.63, 3.8) is 0 Å². The average molecular weight is 224 g/mol. The van der Waals surface area contributed by atoms with Crippen LogP contribution in [0.15, 0.2) is 10.9 Å². The summed E-state index contributed by atoms with van der Waals surface area (Å²) in [4.78, 5) is 22.7. The normalized spacial score (nSPS) is 17.6. The third kappa shape index (κ3) is 2.41. The Balaban J connectivity index is 2.17. The molecule has 0 bridgehead atoms. The Morgan fingerprint density at radius 2 is 2.25 bits per heavy atom. The Hall–Kier alpha value is -1.36. The van der Waals surface area contributed by atoms with Crippen LogP contribution in [0, 0.1) is 0 Å². The van der Waals surface area contributed by atoms with E-state index in [1.807, 2.05) is 0 Å². The number of aromatic amines is 1. The highest BCUT2D eigenvalue weighted by atomic mass is 16.5. The maximum Gasteiger partial charge on any atom is 0.266 e. The van der Waals surface area contributed by atoms with Crippen LogP contribution in [-0.2, 0) is 16.0 Å². The number of rotatable bonds is 3. The molecule has 1 fully saturated rings. The first kappa shape index (κ1) is 11.1. The van der Waals surface area contributed by atoms with Crippen LogP contribution >= 0.6 is 0 Å². The van der Waals surface area contributed by atoms with Gasteiger partial charge in [-0.2, -0.15) is 0 Å². The number of aromatic nitrogens is 2. The number of H-pyrrole nitrogens is 1. The van der Waals surface area contributed by atoms with E-state index in [-0.39, 0.29) is 17.4 Å². The van der Waals surface area contributed by atoms with Gasteiger partial charge in [0.1, 0.15) is 5.78 Å². The Kier molecular flexibility index (Phi) is 3.24. The van der Waals surface area contributed by atoms with E-state index >= 15 is 0 Å². The molecule has 1 N–H and O–H groups in total. The molecule has 0 unspecified atom stereocenters. The maximum absolute atomic E-state index is 11.7. The van der Waals surface area contributed by atoms with Gasteiger partial charge in [0.05, 0.1) is 6.04 Å². The van der Waals surface area contributed by atoms with Crippen molar-refractivity contribution < 1.29 is 9.53 Å². The van der Waals surface area contributed by atoms with Gasteiger partial charge in [-0.25, -0.2) is 4.68 Å². The molecule has 0 atom stereocenters. The summed E-state index contributed by atoms with van der Waals surface area (Å²) in [5.41, 5.74) is 0.646. The molecule has 0 amide bonds. The summed E-state index contributed by atoms with van der Waals surface area (Å²) < 4.78 is 6.87. The van der Waals surface area contributed by atoms with Crippen molar-refractivity contribution in [3.8, 4) is 0 Å². The lowest BCUT2D eigenvalue weighted by atomic mass is 10.1. The van der Waals surface area contributed by atoms with E-state index in [1.54, 1.807) is 4.68 Å². The van der Waals surface area contributed by atoms with Crippen molar-refractivity contribution >= 4 is 5.78 Å². The molecule has 1 aliphatic heterocycles. The zero-order valence-electron chi connectivity index (χ0n) is 9.36. The molecule has 16 heavy (non-hydrogen) atoms. The predicted molar refractivity (Wildman–Crippen MR) is 58.5 cm³/mol. The second kappa shape index (κ2) is 4.65. The lowest BCUT2D eigenvalue weighted by Gasteiger charge is -2.22. The molecule has 0 spiro atoms. The number of ether oxygens (including phenoxy) is 1. The Labute approximate surface area is 93.4 Å². The first-order valence-corrected chi connectivity index (χ1v) is 5.54. The number of hydrogen-bond acceptors (Lipinski definition) is 3. The molecule has 5 heteroatoms. The van der Waals surface area contributed by atoms with Crippen LogP contribution in [0.1, 0.15) is 31.5 Å². The maximum atomic E-state index is 11.7. The van der Waals surface area contributed by atoms with Crippen LogP contribution in [-0.4, -0.2) is 28.8 Å². The van der Waals surface area contributed by atoms with Crippen LogP contribution < -0.4 is 5.56 Å². The van der Waals surface area contributed by atoms with Gasteiger partial charge in [0.2, 0.25) is 0 Å². The predicted octanol–water partition coefficient (Wildman–Crippen LogP) is 0.659. The minimum Gasteiger partial charge on any atom is -0.381 e. The van der Waals surface area contributed by atoms with Gasteiger partial charge in [-0.3, -0.25) is 14.7 Å². The molecule has 0 saturated carbocycles. The first-order chi connectivity index (χ1) is 7.66.